The third-order valence-electron chi connectivity index (χ3n) is 7.65. The van der Waals surface area contributed by atoms with Crippen molar-refractivity contribution in [1.29, 1.82) is 0 Å². The number of nitrogen functional groups attached to an aromatic ring is 1. The van der Waals surface area contributed by atoms with E-state index in [2.05, 4.69) is 16.0 Å². The van der Waals surface area contributed by atoms with E-state index >= 15 is 0 Å². The van der Waals surface area contributed by atoms with Gasteiger partial charge in [0.05, 0.1) is 17.6 Å². The Hall–Kier alpha value is -3.10. The van der Waals surface area contributed by atoms with Crippen molar-refractivity contribution in [3.05, 3.63) is 45.8 Å². The molecule has 6 rings (SSSR count). The van der Waals surface area contributed by atoms with Crippen LogP contribution in [-0.2, 0) is 4.74 Å². The number of hydrogen-bond donors (Lipinski definition) is 3. The van der Waals surface area contributed by atoms with E-state index in [1.54, 1.807) is 23.5 Å². The van der Waals surface area contributed by atoms with Crippen molar-refractivity contribution >= 4 is 62.4 Å². The van der Waals surface area contributed by atoms with Gasteiger partial charge in [-0.25, -0.2) is 19.7 Å². The highest BCUT2D eigenvalue weighted by Crippen LogP contribution is 2.40. The van der Waals surface area contributed by atoms with Gasteiger partial charge in [-0.05, 0) is 51.0 Å². The van der Waals surface area contributed by atoms with E-state index in [1.165, 1.54) is 12.4 Å². The van der Waals surface area contributed by atoms with Crippen LogP contribution in [-0.4, -0.2) is 60.1 Å². The number of anilines is 1. The van der Waals surface area contributed by atoms with Crippen molar-refractivity contribution < 1.29 is 23.8 Å². The first-order valence-corrected chi connectivity index (χ1v) is 15.9. The number of benzene rings is 1. The first-order chi connectivity index (χ1) is 20.3. The first kappa shape index (κ1) is 29.0. The maximum absolute atomic E-state index is 11.9. The van der Waals surface area contributed by atoms with Crippen molar-refractivity contribution in [3.63, 3.8) is 0 Å². The van der Waals surface area contributed by atoms with Crippen molar-refractivity contribution in [2.75, 3.05) is 23.8 Å². The summed E-state index contributed by atoms with van der Waals surface area (Å²) >= 11 is 3.39. The van der Waals surface area contributed by atoms with E-state index in [4.69, 9.17) is 24.3 Å². The molecule has 13 heteroatoms. The summed E-state index contributed by atoms with van der Waals surface area (Å²) in [5.74, 6) is 2.94. The fourth-order valence-corrected chi connectivity index (χ4v) is 7.62. The molecule has 1 aliphatic heterocycles. The molecule has 1 saturated heterocycles. The highest BCUT2D eigenvalue weighted by atomic mass is 32.2. The van der Waals surface area contributed by atoms with Gasteiger partial charge in [0.2, 0.25) is 0 Å². The zero-order chi connectivity index (χ0) is 29.5. The molecule has 4 aromatic heterocycles. The Morgan fingerprint density at radius 1 is 1.05 bits per heavy atom. The zero-order valence-electron chi connectivity index (χ0n) is 23.6. The van der Waals surface area contributed by atoms with Gasteiger partial charge in [-0.1, -0.05) is 18.2 Å². The molecule has 0 bridgehead atoms. The summed E-state index contributed by atoms with van der Waals surface area (Å²) in [6.45, 7) is 5.58. The van der Waals surface area contributed by atoms with E-state index in [0.717, 1.165) is 68.9 Å². The number of nitrogens with zero attached hydrogens (tertiary/aromatic N) is 4. The molecule has 42 heavy (non-hydrogen) atoms. The summed E-state index contributed by atoms with van der Waals surface area (Å²) in [6.07, 6.45) is 2.86. The lowest BCUT2D eigenvalue weighted by molar-refractivity contribution is -0.0457. The highest BCUT2D eigenvalue weighted by Gasteiger charge is 2.37. The molecular weight excluding hydrogens is 578 g/mol. The fourth-order valence-electron chi connectivity index (χ4n) is 5.48. The molecule has 0 aliphatic carbocycles. The summed E-state index contributed by atoms with van der Waals surface area (Å²) in [6, 6.07) is 3.60. The number of imidazole rings is 1. The second-order valence-electron chi connectivity index (χ2n) is 10.6. The summed E-state index contributed by atoms with van der Waals surface area (Å²) < 4.78 is 19.4. The maximum Gasteiger partial charge on any atom is 0.336 e. The van der Waals surface area contributed by atoms with Crippen LogP contribution in [0.3, 0.4) is 0 Å². The number of nitrogens with two attached hydrogens (primary N) is 1. The van der Waals surface area contributed by atoms with E-state index in [9.17, 15) is 15.0 Å². The molecule has 1 unspecified atom stereocenters. The third-order valence-corrected chi connectivity index (χ3v) is 9.98. The van der Waals surface area contributed by atoms with Gasteiger partial charge in [0.25, 0.3) is 0 Å². The third kappa shape index (κ3) is 5.28. The number of aliphatic hydroxyl groups excluding tert-OH is 2. The van der Waals surface area contributed by atoms with Crippen LogP contribution in [0.1, 0.15) is 48.8 Å². The Bertz CT molecular complexity index is 1830. The molecule has 4 N–H and O–H groups in total. The first-order valence-electron chi connectivity index (χ1n) is 13.9. The molecule has 222 valence electrons. The minimum atomic E-state index is -0.768. The normalized spacial score (nSPS) is 19.1. The molecule has 1 fully saturated rings. The number of aryl methyl sites for hydroxylation is 3. The Balaban J connectivity index is 1.09. The number of ether oxygens (including phenoxy) is 1. The predicted octanol–water partition coefficient (Wildman–Crippen LogP) is 4.88. The van der Waals surface area contributed by atoms with Crippen LogP contribution in [0.25, 0.3) is 33.1 Å². The second-order valence-corrected chi connectivity index (χ2v) is 12.7. The van der Waals surface area contributed by atoms with Crippen molar-refractivity contribution in [3.8, 4) is 0 Å². The van der Waals surface area contributed by atoms with Gasteiger partial charge in [-0.3, -0.25) is 4.57 Å². The monoisotopic (exact) mass is 611 g/mol. The summed E-state index contributed by atoms with van der Waals surface area (Å²) in [4.78, 5) is 26.2. The molecule has 5 aromatic rings. The van der Waals surface area contributed by atoms with E-state index < -0.39 is 18.4 Å². The number of aromatic nitrogens is 4. The van der Waals surface area contributed by atoms with Crippen LogP contribution in [0.15, 0.2) is 42.1 Å². The fraction of sp³-hybridized carbons (Fsp3) is 0.448. The predicted molar refractivity (Wildman–Crippen MR) is 163 cm³/mol. The average molecular weight is 612 g/mol. The second kappa shape index (κ2) is 11.9. The Labute approximate surface area is 249 Å². The van der Waals surface area contributed by atoms with Crippen molar-refractivity contribution in [2.45, 2.75) is 74.9 Å². The smallest absolute Gasteiger partial charge is 0.336 e. The standard InChI is InChI=1S/C29H33N5O6S2/c1-14-9-22(37)40-24-15(2)25-18(10-17(14)24)26(16(3)38-25)41-7-5-4-6-8-42-29-33-23-27(30)31-13-32-28(23)34(29)21-11-19(36)20(12-35)39-21/h9-10,13,19-21,35-36H,4-8,11-12H2,1-3H3,(H2,30,31,32)/t19-,20+,21?/m0/s1. The molecule has 0 spiro atoms. The SMILES string of the molecule is Cc1oc2c(C)c3oc(=O)cc(C)c3cc2c1SCCCCCSc1nc2c(N)ncnc2n1C1C[C@H](O)[C@@H](CO)O1. The van der Waals surface area contributed by atoms with Gasteiger partial charge < -0.3 is 29.5 Å². The number of furan rings is 1. The average Bonchev–Trinajstić information content (AvgIpc) is 3.62. The number of unbranched alkanes of at least 4 members (excludes halogenated alkanes) is 2. The van der Waals surface area contributed by atoms with Crippen LogP contribution in [0.2, 0.25) is 0 Å². The highest BCUT2D eigenvalue weighted by molar-refractivity contribution is 7.99. The Morgan fingerprint density at radius 3 is 2.57 bits per heavy atom. The number of thioether (sulfide) groups is 2. The number of fused-ring (bicyclic) bond motifs is 3. The molecular formula is C29H33N5O6S2. The van der Waals surface area contributed by atoms with Crippen LogP contribution in [0.5, 0.6) is 0 Å². The van der Waals surface area contributed by atoms with E-state index in [0.29, 0.717) is 34.1 Å². The van der Waals surface area contributed by atoms with Crippen LogP contribution < -0.4 is 11.4 Å². The largest absolute Gasteiger partial charge is 0.460 e. The maximum atomic E-state index is 11.9. The molecule has 0 amide bonds. The minimum Gasteiger partial charge on any atom is -0.460 e. The van der Waals surface area contributed by atoms with Gasteiger partial charge in [-0.15, -0.1) is 11.8 Å². The number of aliphatic hydroxyl groups is 2. The lowest BCUT2D eigenvalue weighted by Gasteiger charge is -2.16. The lowest BCUT2D eigenvalue weighted by atomic mass is 10.1. The Kier molecular flexibility index (Phi) is 8.20. The molecule has 1 aliphatic rings. The molecule has 0 saturated carbocycles. The topological polar surface area (TPSA) is 163 Å². The summed E-state index contributed by atoms with van der Waals surface area (Å²) in [5, 5.41) is 22.5. The van der Waals surface area contributed by atoms with E-state index in [1.807, 2.05) is 25.3 Å². The molecule has 1 aromatic carbocycles. The minimum absolute atomic E-state index is 0.260. The zero-order valence-corrected chi connectivity index (χ0v) is 25.3. The summed E-state index contributed by atoms with van der Waals surface area (Å²) in [5.41, 5.74) is 9.87. The van der Waals surface area contributed by atoms with Gasteiger partial charge in [0, 0.05) is 34.6 Å². The van der Waals surface area contributed by atoms with Gasteiger partial charge in [0.15, 0.2) is 22.1 Å². The molecule has 5 heterocycles. The molecule has 0 radical (unpaired) electrons. The number of rotatable bonds is 10. The van der Waals surface area contributed by atoms with Crippen molar-refractivity contribution in [2.24, 2.45) is 0 Å². The van der Waals surface area contributed by atoms with Crippen LogP contribution >= 0.6 is 23.5 Å². The number of hydrogen-bond acceptors (Lipinski definition) is 12. The van der Waals surface area contributed by atoms with Crippen LogP contribution in [0, 0.1) is 20.8 Å². The van der Waals surface area contributed by atoms with Gasteiger partial charge >= 0.3 is 5.63 Å². The van der Waals surface area contributed by atoms with Crippen LogP contribution in [0.4, 0.5) is 5.82 Å². The van der Waals surface area contributed by atoms with E-state index in [-0.39, 0.29) is 12.2 Å². The van der Waals surface area contributed by atoms with Crippen molar-refractivity contribution in [1.82, 2.24) is 19.5 Å². The van der Waals surface area contributed by atoms with Gasteiger partial charge in [-0.2, -0.15) is 0 Å². The summed E-state index contributed by atoms with van der Waals surface area (Å²) in [7, 11) is 0. The molecule has 3 atom stereocenters. The molecule has 11 nitrogen and oxygen atoms in total. The van der Waals surface area contributed by atoms with Gasteiger partial charge in [0.1, 0.15) is 35.6 Å². The quantitative estimate of drug-likeness (QED) is 0.112. The Morgan fingerprint density at radius 2 is 1.81 bits per heavy atom. The lowest BCUT2D eigenvalue weighted by Crippen LogP contribution is -2.24.